The molecule has 0 unspecified atom stereocenters. The van der Waals surface area contributed by atoms with Gasteiger partial charge in [-0.1, -0.05) is 0 Å². The van der Waals surface area contributed by atoms with Gasteiger partial charge < -0.3 is 16.0 Å². The van der Waals surface area contributed by atoms with Gasteiger partial charge in [0.15, 0.2) is 11.5 Å². The lowest BCUT2D eigenvalue weighted by Gasteiger charge is -2.32. The minimum Gasteiger partial charge on any atom is -0.371 e. The van der Waals surface area contributed by atoms with Crippen LogP contribution in [0.15, 0.2) is 36.8 Å². The Morgan fingerprint density at radius 3 is 2.86 bits per heavy atom. The molecule has 0 radical (unpaired) electrons. The van der Waals surface area contributed by atoms with E-state index in [0.29, 0.717) is 17.9 Å². The molecule has 1 aliphatic rings. The molecule has 1 fully saturated rings. The number of piperidine rings is 1. The van der Waals surface area contributed by atoms with Gasteiger partial charge in [0.1, 0.15) is 5.52 Å². The van der Waals surface area contributed by atoms with Crippen LogP contribution in [0.25, 0.3) is 22.4 Å². The minimum atomic E-state index is -2.87. The molecule has 29 heavy (non-hydrogen) atoms. The SMILES string of the molecule is CNc1nc(N[C@@H]2CCNCC2(F)F)nn2ccc(-c3ccn4nccc4n3)c12. The molecule has 1 aliphatic heterocycles. The summed E-state index contributed by atoms with van der Waals surface area (Å²) in [5.74, 6) is -2.20. The maximum Gasteiger partial charge on any atom is 0.280 e. The topological polar surface area (TPSA) is 96.5 Å². The van der Waals surface area contributed by atoms with Crippen molar-refractivity contribution in [2.75, 3.05) is 30.8 Å². The Kier molecular flexibility index (Phi) is 4.05. The van der Waals surface area contributed by atoms with E-state index in [1.807, 2.05) is 24.4 Å². The van der Waals surface area contributed by atoms with Crippen molar-refractivity contribution in [3.05, 3.63) is 36.8 Å². The molecule has 150 valence electrons. The van der Waals surface area contributed by atoms with E-state index in [1.165, 1.54) is 0 Å². The van der Waals surface area contributed by atoms with E-state index < -0.39 is 12.0 Å². The normalized spacial score (nSPS) is 18.9. The van der Waals surface area contributed by atoms with Crippen LogP contribution >= 0.6 is 0 Å². The largest absolute Gasteiger partial charge is 0.371 e. The summed E-state index contributed by atoms with van der Waals surface area (Å²) >= 11 is 0. The lowest BCUT2D eigenvalue weighted by atomic mass is 10.0. The van der Waals surface area contributed by atoms with E-state index in [1.54, 1.807) is 28.5 Å². The average molecular weight is 399 g/mol. The fraction of sp³-hybridized carbons (Fsp3) is 0.333. The standard InChI is InChI=1S/C18H19F2N9/c1-21-16-15-11(12-5-9-28-14(24-12)3-7-23-28)4-8-29(15)27-17(26-16)25-13-2-6-22-10-18(13,19)20/h3-5,7-9,13,22H,2,6,10H2,1H3,(H2,21,25,26,27)/t13-/m1/s1. The second kappa shape index (κ2) is 6.62. The second-order valence-corrected chi connectivity index (χ2v) is 6.93. The Morgan fingerprint density at radius 1 is 1.17 bits per heavy atom. The van der Waals surface area contributed by atoms with Crippen LogP contribution in [0.1, 0.15) is 6.42 Å². The predicted octanol–water partition coefficient (Wildman–Crippen LogP) is 1.89. The van der Waals surface area contributed by atoms with Gasteiger partial charge >= 0.3 is 0 Å². The summed E-state index contributed by atoms with van der Waals surface area (Å²) in [6.07, 6.45) is 5.56. The smallest absolute Gasteiger partial charge is 0.280 e. The summed E-state index contributed by atoms with van der Waals surface area (Å²) in [6.45, 7) is 0.160. The van der Waals surface area contributed by atoms with Crippen LogP contribution in [-0.4, -0.2) is 61.3 Å². The van der Waals surface area contributed by atoms with Gasteiger partial charge in [-0.3, -0.25) is 0 Å². The molecule has 0 amide bonds. The van der Waals surface area contributed by atoms with E-state index in [4.69, 9.17) is 0 Å². The summed E-state index contributed by atoms with van der Waals surface area (Å²) in [7, 11) is 1.73. The molecule has 3 N–H and O–H groups in total. The third-order valence-electron chi connectivity index (χ3n) is 5.07. The molecule has 4 aromatic heterocycles. The number of anilines is 2. The first-order valence-corrected chi connectivity index (χ1v) is 9.28. The first kappa shape index (κ1) is 17.7. The van der Waals surface area contributed by atoms with E-state index in [-0.39, 0.29) is 18.9 Å². The zero-order valence-corrected chi connectivity index (χ0v) is 15.6. The highest BCUT2D eigenvalue weighted by molar-refractivity contribution is 5.87. The maximum absolute atomic E-state index is 14.2. The Hall–Kier alpha value is -3.34. The summed E-state index contributed by atoms with van der Waals surface area (Å²) in [4.78, 5) is 9.06. The van der Waals surface area contributed by atoms with Gasteiger partial charge in [0.25, 0.3) is 5.92 Å². The van der Waals surface area contributed by atoms with Crippen LogP contribution in [0, 0.1) is 0 Å². The Morgan fingerprint density at radius 2 is 2.03 bits per heavy atom. The zero-order chi connectivity index (χ0) is 20.0. The van der Waals surface area contributed by atoms with Crippen molar-refractivity contribution in [3.8, 4) is 11.3 Å². The van der Waals surface area contributed by atoms with Crippen molar-refractivity contribution < 1.29 is 8.78 Å². The average Bonchev–Trinajstić information content (AvgIpc) is 3.35. The predicted molar refractivity (Wildman–Crippen MR) is 104 cm³/mol. The van der Waals surface area contributed by atoms with Gasteiger partial charge in [-0.15, -0.1) is 5.10 Å². The van der Waals surface area contributed by atoms with Crippen LogP contribution in [0.4, 0.5) is 20.5 Å². The van der Waals surface area contributed by atoms with E-state index in [2.05, 4.69) is 36.1 Å². The molecule has 9 nitrogen and oxygen atoms in total. The van der Waals surface area contributed by atoms with Crippen molar-refractivity contribution in [1.82, 2.24) is 34.5 Å². The van der Waals surface area contributed by atoms with Crippen molar-refractivity contribution >= 4 is 22.9 Å². The van der Waals surface area contributed by atoms with Crippen LogP contribution in [0.5, 0.6) is 0 Å². The molecular formula is C18H19F2N9. The maximum atomic E-state index is 14.2. The quantitative estimate of drug-likeness (QED) is 0.482. The number of nitrogens with zero attached hydrogens (tertiary/aromatic N) is 6. The number of alkyl halides is 2. The fourth-order valence-corrected chi connectivity index (χ4v) is 3.60. The minimum absolute atomic E-state index is 0.148. The van der Waals surface area contributed by atoms with Crippen LogP contribution in [0.2, 0.25) is 0 Å². The summed E-state index contributed by atoms with van der Waals surface area (Å²) in [6, 6.07) is 4.53. The highest BCUT2D eigenvalue weighted by Gasteiger charge is 2.42. The molecule has 1 saturated heterocycles. The van der Waals surface area contributed by atoms with E-state index in [9.17, 15) is 8.78 Å². The number of nitrogens with one attached hydrogen (secondary N) is 3. The van der Waals surface area contributed by atoms with Gasteiger partial charge in [0, 0.05) is 31.1 Å². The van der Waals surface area contributed by atoms with Crippen molar-refractivity contribution in [3.63, 3.8) is 0 Å². The first-order chi connectivity index (χ1) is 14.0. The summed E-state index contributed by atoms with van der Waals surface area (Å²) < 4.78 is 31.6. The highest BCUT2D eigenvalue weighted by Crippen LogP contribution is 2.30. The monoisotopic (exact) mass is 399 g/mol. The van der Waals surface area contributed by atoms with E-state index >= 15 is 0 Å². The number of rotatable bonds is 4. The third-order valence-corrected chi connectivity index (χ3v) is 5.07. The molecule has 0 bridgehead atoms. The molecule has 4 aromatic rings. The van der Waals surface area contributed by atoms with Crippen LogP contribution in [-0.2, 0) is 0 Å². The molecule has 0 saturated carbocycles. The number of hydrogen-bond acceptors (Lipinski definition) is 7. The van der Waals surface area contributed by atoms with Gasteiger partial charge in [-0.25, -0.2) is 22.8 Å². The Balaban J connectivity index is 1.55. The van der Waals surface area contributed by atoms with Gasteiger partial charge in [-0.05, 0) is 25.1 Å². The molecule has 0 aliphatic carbocycles. The molecular weight excluding hydrogens is 380 g/mol. The van der Waals surface area contributed by atoms with Crippen LogP contribution < -0.4 is 16.0 Å². The molecule has 0 spiro atoms. The van der Waals surface area contributed by atoms with Crippen molar-refractivity contribution in [2.45, 2.75) is 18.4 Å². The van der Waals surface area contributed by atoms with Crippen molar-refractivity contribution in [2.24, 2.45) is 0 Å². The zero-order valence-electron chi connectivity index (χ0n) is 15.6. The molecule has 5 rings (SSSR count). The number of halogens is 2. The number of fused-ring (bicyclic) bond motifs is 2. The highest BCUT2D eigenvalue weighted by atomic mass is 19.3. The lowest BCUT2D eigenvalue weighted by Crippen LogP contribution is -2.53. The number of hydrogen-bond donors (Lipinski definition) is 3. The van der Waals surface area contributed by atoms with E-state index in [0.717, 1.165) is 16.9 Å². The first-order valence-electron chi connectivity index (χ1n) is 9.28. The third kappa shape index (κ3) is 3.03. The van der Waals surface area contributed by atoms with Gasteiger partial charge in [0.05, 0.1) is 24.5 Å². The Bertz CT molecular complexity index is 1180. The summed E-state index contributed by atoms with van der Waals surface area (Å²) in [5.41, 5.74) is 3.01. The molecule has 11 heteroatoms. The molecule has 0 aromatic carbocycles. The second-order valence-electron chi connectivity index (χ2n) is 6.93. The van der Waals surface area contributed by atoms with Gasteiger partial charge in [0.2, 0.25) is 5.95 Å². The number of aromatic nitrogens is 6. The van der Waals surface area contributed by atoms with Crippen LogP contribution in [0.3, 0.4) is 0 Å². The fourth-order valence-electron chi connectivity index (χ4n) is 3.60. The van der Waals surface area contributed by atoms with Gasteiger partial charge in [-0.2, -0.15) is 10.1 Å². The summed E-state index contributed by atoms with van der Waals surface area (Å²) in [5, 5.41) is 17.1. The molecule has 5 heterocycles. The van der Waals surface area contributed by atoms with Crippen molar-refractivity contribution in [1.29, 1.82) is 0 Å². The molecule has 1 atom stereocenters. The Labute approximate surface area is 164 Å². The lowest BCUT2D eigenvalue weighted by molar-refractivity contribution is -0.0324.